The van der Waals surface area contributed by atoms with E-state index in [-0.39, 0.29) is 16.9 Å². The molecular formula is C25H36N2O2. The minimum Gasteiger partial charge on any atom is -0.391 e. The number of terminal acetylenes is 1. The highest BCUT2D eigenvalue weighted by Gasteiger charge is 2.61. The summed E-state index contributed by atoms with van der Waals surface area (Å²) >= 11 is 0. The van der Waals surface area contributed by atoms with Gasteiger partial charge in [-0.25, -0.2) is 0 Å². The maximum atomic E-state index is 12.7. The van der Waals surface area contributed by atoms with Crippen molar-refractivity contribution in [1.29, 1.82) is 0 Å². The number of Topliss-reactive ketones (excluding diaryl/α,β-unsaturated/α-hetero) is 1. The van der Waals surface area contributed by atoms with E-state index >= 15 is 0 Å². The molecule has 1 aliphatic heterocycles. The lowest BCUT2D eigenvalue weighted by Gasteiger charge is -2.61. The van der Waals surface area contributed by atoms with Gasteiger partial charge in [0, 0.05) is 30.7 Å². The normalized spacial score (nSPS) is 50.5. The Morgan fingerprint density at radius 2 is 2.00 bits per heavy atom. The largest absolute Gasteiger partial charge is 0.391 e. The first-order valence-corrected chi connectivity index (χ1v) is 11.9. The van der Waals surface area contributed by atoms with Crippen LogP contribution in [0.25, 0.3) is 0 Å². The van der Waals surface area contributed by atoms with Gasteiger partial charge < -0.3 is 10.2 Å². The zero-order valence-electron chi connectivity index (χ0n) is 18.1. The van der Waals surface area contributed by atoms with E-state index in [9.17, 15) is 4.79 Å². The average molecular weight is 397 g/mol. The number of hydrogen-bond acceptors (Lipinski definition) is 4. The zero-order chi connectivity index (χ0) is 20.2. The van der Waals surface area contributed by atoms with E-state index in [1.165, 1.54) is 18.6 Å². The van der Waals surface area contributed by atoms with Gasteiger partial charge in [-0.15, -0.1) is 12.3 Å². The molecule has 1 N–H and O–H groups in total. The molecule has 0 aromatic rings. The highest BCUT2D eigenvalue weighted by Crippen LogP contribution is 2.66. The molecule has 8 atom stereocenters. The topological polar surface area (TPSA) is 50.7 Å². The van der Waals surface area contributed by atoms with Crippen molar-refractivity contribution in [2.24, 2.45) is 45.6 Å². The Balaban J connectivity index is 1.38. The van der Waals surface area contributed by atoms with Crippen molar-refractivity contribution < 1.29 is 9.63 Å². The van der Waals surface area contributed by atoms with Crippen LogP contribution in [-0.4, -0.2) is 30.7 Å². The van der Waals surface area contributed by atoms with Gasteiger partial charge in [0.05, 0.1) is 5.71 Å². The van der Waals surface area contributed by atoms with Crippen LogP contribution >= 0.6 is 0 Å². The maximum absolute atomic E-state index is 12.7. The van der Waals surface area contributed by atoms with Gasteiger partial charge in [0.1, 0.15) is 11.9 Å². The van der Waals surface area contributed by atoms with Crippen molar-refractivity contribution in [2.75, 3.05) is 13.1 Å². The molecule has 5 fully saturated rings. The van der Waals surface area contributed by atoms with Gasteiger partial charge in [-0.2, -0.15) is 0 Å². The number of carbonyl (C=O) groups is 1. The smallest absolute Gasteiger partial charge is 0.141 e. The molecule has 4 heteroatoms. The molecule has 158 valence electrons. The molecule has 4 aliphatic carbocycles. The minimum atomic E-state index is -0.0754. The monoisotopic (exact) mass is 396 g/mol. The Labute approximate surface area is 175 Å². The van der Waals surface area contributed by atoms with Crippen molar-refractivity contribution in [3.8, 4) is 12.3 Å². The van der Waals surface area contributed by atoms with Crippen LogP contribution in [0.1, 0.15) is 71.6 Å². The van der Waals surface area contributed by atoms with Crippen LogP contribution in [0.5, 0.6) is 0 Å². The summed E-state index contributed by atoms with van der Waals surface area (Å²) in [6.07, 6.45) is 15.8. The molecule has 0 aromatic heterocycles. The van der Waals surface area contributed by atoms with Crippen molar-refractivity contribution in [3.63, 3.8) is 0 Å². The summed E-state index contributed by atoms with van der Waals surface area (Å²) in [7, 11) is 0. The third kappa shape index (κ3) is 2.99. The standard InChI is InChI=1S/C25H36N2O2/c1-4-16-13-19-20-5-6-23(28)25(20,3)11-8-21(19)24(2)10-7-17(14-22(16)24)27-29-18-9-12-26-15-18/h1,16,18-22,26H,5-15H2,2-3H3/t16-,18+,19-,20-,21-,22?,24+,25-/m0/s1. The second-order valence-corrected chi connectivity index (χ2v) is 11.0. The molecule has 1 unspecified atom stereocenters. The Morgan fingerprint density at radius 1 is 1.14 bits per heavy atom. The number of carbonyl (C=O) groups excluding carboxylic acids is 1. The minimum absolute atomic E-state index is 0.0754. The van der Waals surface area contributed by atoms with Gasteiger partial charge in [-0.05, 0) is 80.6 Å². The lowest BCUT2D eigenvalue weighted by atomic mass is 9.43. The molecule has 1 heterocycles. The highest BCUT2D eigenvalue weighted by molar-refractivity contribution is 5.87. The van der Waals surface area contributed by atoms with E-state index in [1.54, 1.807) is 0 Å². The molecule has 0 amide bonds. The Kier molecular flexibility index (Phi) is 4.81. The van der Waals surface area contributed by atoms with Gasteiger partial charge in [-0.1, -0.05) is 19.0 Å². The number of nitrogens with one attached hydrogen (secondary N) is 1. The molecule has 0 bridgehead atoms. The van der Waals surface area contributed by atoms with Crippen molar-refractivity contribution in [3.05, 3.63) is 0 Å². The highest BCUT2D eigenvalue weighted by atomic mass is 16.6. The van der Waals surface area contributed by atoms with Crippen molar-refractivity contribution >= 4 is 11.5 Å². The second-order valence-electron chi connectivity index (χ2n) is 11.0. The molecule has 1 saturated heterocycles. The van der Waals surface area contributed by atoms with Gasteiger partial charge in [0.25, 0.3) is 0 Å². The molecule has 4 saturated carbocycles. The zero-order valence-corrected chi connectivity index (χ0v) is 18.1. The van der Waals surface area contributed by atoms with E-state index in [1.807, 2.05) is 0 Å². The fourth-order valence-electron chi connectivity index (χ4n) is 8.05. The van der Waals surface area contributed by atoms with E-state index in [0.29, 0.717) is 35.4 Å². The maximum Gasteiger partial charge on any atom is 0.141 e. The summed E-state index contributed by atoms with van der Waals surface area (Å²) in [5, 5.41) is 7.94. The Bertz CT molecular complexity index is 748. The summed E-state index contributed by atoms with van der Waals surface area (Å²) in [6, 6.07) is 0. The SMILES string of the molecule is C#C[C@H]1C[C@@H]2[C@H](CC[C@]3(C)C(=O)CC[C@@H]23)[C@@]2(C)CCC(=NO[C@@H]3CCNC3)CC12. The molecule has 4 nitrogen and oxygen atoms in total. The first kappa shape index (κ1) is 19.6. The quantitative estimate of drug-likeness (QED) is 0.562. The number of nitrogens with zero attached hydrogens (tertiary/aromatic N) is 1. The Hall–Kier alpha value is -1.34. The molecule has 0 spiro atoms. The van der Waals surface area contributed by atoms with Crippen molar-refractivity contribution in [2.45, 2.75) is 77.7 Å². The van der Waals surface area contributed by atoms with Crippen LogP contribution in [0, 0.1) is 52.8 Å². The van der Waals surface area contributed by atoms with Gasteiger partial charge in [0.15, 0.2) is 0 Å². The fourth-order valence-corrected chi connectivity index (χ4v) is 8.05. The molecule has 5 rings (SSSR count). The Morgan fingerprint density at radius 3 is 2.76 bits per heavy atom. The fraction of sp³-hybridized carbons (Fsp3) is 0.840. The number of oxime groups is 1. The first-order valence-electron chi connectivity index (χ1n) is 11.9. The third-order valence-electron chi connectivity index (χ3n) is 9.82. The van der Waals surface area contributed by atoms with Crippen LogP contribution in [0.4, 0.5) is 0 Å². The van der Waals surface area contributed by atoms with Crippen LogP contribution in [0.15, 0.2) is 5.16 Å². The van der Waals surface area contributed by atoms with Crippen LogP contribution < -0.4 is 5.32 Å². The van der Waals surface area contributed by atoms with Crippen LogP contribution in [-0.2, 0) is 9.63 Å². The second kappa shape index (κ2) is 7.12. The van der Waals surface area contributed by atoms with E-state index in [2.05, 4.69) is 30.2 Å². The molecular weight excluding hydrogens is 360 g/mol. The molecule has 5 aliphatic rings. The number of rotatable bonds is 2. The van der Waals surface area contributed by atoms with E-state index < -0.39 is 0 Å². The lowest BCUT2D eigenvalue weighted by molar-refractivity contribution is -0.139. The van der Waals surface area contributed by atoms with E-state index in [4.69, 9.17) is 11.3 Å². The van der Waals surface area contributed by atoms with E-state index in [0.717, 1.165) is 58.0 Å². The van der Waals surface area contributed by atoms with Crippen LogP contribution in [0.2, 0.25) is 0 Å². The average Bonchev–Trinajstić information content (AvgIpc) is 3.34. The summed E-state index contributed by atoms with van der Waals surface area (Å²) in [5.41, 5.74) is 1.42. The first-order chi connectivity index (χ1) is 14.0. The third-order valence-corrected chi connectivity index (χ3v) is 9.82. The summed E-state index contributed by atoms with van der Waals surface area (Å²) in [6.45, 7) is 6.70. The number of fused-ring (bicyclic) bond motifs is 5. The summed E-state index contributed by atoms with van der Waals surface area (Å²) in [5.74, 6) is 6.41. The predicted molar refractivity (Wildman–Crippen MR) is 114 cm³/mol. The van der Waals surface area contributed by atoms with Gasteiger partial charge >= 0.3 is 0 Å². The van der Waals surface area contributed by atoms with Gasteiger partial charge in [-0.3, -0.25) is 4.79 Å². The summed E-state index contributed by atoms with van der Waals surface area (Å²) in [4.78, 5) is 18.5. The molecule has 0 radical (unpaired) electrons. The number of ketones is 1. The molecule has 29 heavy (non-hydrogen) atoms. The summed E-state index contributed by atoms with van der Waals surface area (Å²) < 4.78 is 0. The van der Waals surface area contributed by atoms with Crippen molar-refractivity contribution in [1.82, 2.24) is 5.32 Å². The lowest BCUT2D eigenvalue weighted by Crippen LogP contribution is -2.56. The number of hydrogen-bond donors (Lipinski definition) is 1. The van der Waals surface area contributed by atoms with Crippen LogP contribution in [0.3, 0.4) is 0 Å². The predicted octanol–water partition coefficient (Wildman–Crippen LogP) is 4.19. The molecule has 0 aromatic carbocycles. The van der Waals surface area contributed by atoms with Gasteiger partial charge in [0.2, 0.25) is 0 Å².